The van der Waals surface area contributed by atoms with Crippen molar-refractivity contribution < 1.29 is 8.83 Å². The Bertz CT molecular complexity index is 3240. The van der Waals surface area contributed by atoms with Crippen LogP contribution in [-0.2, 0) is 0 Å². The average molecular weight is 718 g/mol. The molecule has 0 saturated carbocycles. The fourth-order valence-corrected chi connectivity index (χ4v) is 7.76. The summed E-state index contributed by atoms with van der Waals surface area (Å²) < 4.78 is 12.7. The summed E-state index contributed by atoms with van der Waals surface area (Å²) in [5.74, 6) is 1.81. The minimum absolute atomic E-state index is 0.583. The summed E-state index contributed by atoms with van der Waals surface area (Å²) in [5, 5.41) is 4.33. The number of hydrogen-bond acceptors (Lipinski definition) is 5. The highest BCUT2D eigenvalue weighted by atomic mass is 16.3. The molecule has 0 aliphatic rings. The van der Waals surface area contributed by atoms with E-state index in [1.807, 2.05) is 54.6 Å². The van der Waals surface area contributed by atoms with Gasteiger partial charge in [-0.2, -0.15) is 0 Å². The molecule has 5 nitrogen and oxygen atoms in total. The van der Waals surface area contributed by atoms with E-state index >= 15 is 0 Å². The lowest BCUT2D eigenvalue weighted by atomic mass is 9.93. The van der Waals surface area contributed by atoms with Gasteiger partial charge in [-0.3, -0.25) is 0 Å². The third-order valence-corrected chi connectivity index (χ3v) is 10.6. The zero-order chi connectivity index (χ0) is 37.0. The Morgan fingerprint density at radius 3 is 1.36 bits per heavy atom. The van der Waals surface area contributed by atoms with Crippen molar-refractivity contribution in [3.63, 3.8) is 0 Å². The van der Waals surface area contributed by atoms with Gasteiger partial charge in [0.2, 0.25) is 0 Å². The highest BCUT2D eigenvalue weighted by molar-refractivity contribution is 6.08. The Hall–Kier alpha value is -7.63. The van der Waals surface area contributed by atoms with E-state index in [4.69, 9.17) is 23.8 Å². The Kier molecular flexibility index (Phi) is 7.42. The molecule has 3 aromatic heterocycles. The van der Waals surface area contributed by atoms with Crippen molar-refractivity contribution in [3.8, 4) is 67.5 Å². The maximum absolute atomic E-state index is 6.50. The summed E-state index contributed by atoms with van der Waals surface area (Å²) in [6.45, 7) is 0. The molecule has 0 atom stereocenters. The Balaban J connectivity index is 0.980. The molecule has 3 heterocycles. The number of aromatic nitrogens is 3. The van der Waals surface area contributed by atoms with Crippen LogP contribution in [0.3, 0.4) is 0 Å². The van der Waals surface area contributed by atoms with E-state index < -0.39 is 0 Å². The van der Waals surface area contributed by atoms with E-state index in [0.717, 1.165) is 93.9 Å². The normalized spacial score (nSPS) is 11.6. The van der Waals surface area contributed by atoms with Gasteiger partial charge in [-0.15, -0.1) is 0 Å². The Morgan fingerprint density at radius 1 is 0.250 bits per heavy atom. The minimum Gasteiger partial charge on any atom is -0.456 e. The Morgan fingerprint density at radius 2 is 0.661 bits per heavy atom. The molecule has 0 aliphatic heterocycles. The molecule has 0 saturated heterocycles. The lowest BCUT2D eigenvalue weighted by molar-refractivity contribution is 0.668. The van der Waals surface area contributed by atoms with E-state index in [2.05, 4.69) is 133 Å². The van der Waals surface area contributed by atoms with Crippen molar-refractivity contribution in [2.45, 2.75) is 0 Å². The molecule has 8 aromatic carbocycles. The van der Waals surface area contributed by atoms with Crippen LogP contribution in [0.1, 0.15) is 0 Å². The van der Waals surface area contributed by atoms with E-state index in [9.17, 15) is 0 Å². The molecule has 0 fully saturated rings. The van der Waals surface area contributed by atoms with Crippen molar-refractivity contribution in [2.75, 3.05) is 0 Å². The van der Waals surface area contributed by atoms with Crippen LogP contribution in [0.4, 0.5) is 0 Å². The maximum atomic E-state index is 6.50. The molecule has 0 bridgehead atoms. The van der Waals surface area contributed by atoms with Crippen LogP contribution in [0.15, 0.2) is 197 Å². The molecule has 0 unspecified atom stereocenters. The topological polar surface area (TPSA) is 65.0 Å². The largest absolute Gasteiger partial charge is 0.456 e. The van der Waals surface area contributed by atoms with Gasteiger partial charge < -0.3 is 8.83 Å². The van der Waals surface area contributed by atoms with Gasteiger partial charge in [0.05, 0.1) is 0 Å². The fraction of sp³-hybridized carbons (Fsp3) is 0. The summed E-state index contributed by atoms with van der Waals surface area (Å²) >= 11 is 0. The highest BCUT2D eigenvalue weighted by Gasteiger charge is 2.17. The summed E-state index contributed by atoms with van der Waals surface area (Å²) in [4.78, 5) is 14.9. The average Bonchev–Trinajstić information content (AvgIpc) is 3.84. The Labute approximate surface area is 322 Å². The van der Waals surface area contributed by atoms with Crippen molar-refractivity contribution in [1.82, 2.24) is 15.0 Å². The first-order valence-electron chi connectivity index (χ1n) is 18.7. The van der Waals surface area contributed by atoms with E-state index in [0.29, 0.717) is 17.5 Å². The molecule has 56 heavy (non-hydrogen) atoms. The molecule has 262 valence electrons. The van der Waals surface area contributed by atoms with Gasteiger partial charge in [0.1, 0.15) is 22.3 Å². The zero-order valence-corrected chi connectivity index (χ0v) is 30.1. The minimum atomic E-state index is 0.583. The summed E-state index contributed by atoms with van der Waals surface area (Å²) in [7, 11) is 0. The third-order valence-electron chi connectivity index (χ3n) is 10.6. The molecule has 11 aromatic rings. The van der Waals surface area contributed by atoms with Gasteiger partial charge in [0, 0.05) is 38.2 Å². The molecule has 0 N–H and O–H groups in total. The van der Waals surface area contributed by atoms with Gasteiger partial charge in [-0.25, -0.2) is 15.0 Å². The summed E-state index contributed by atoms with van der Waals surface area (Å²) in [5.41, 5.74) is 12.9. The summed E-state index contributed by atoms with van der Waals surface area (Å²) in [6, 6.07) is 64.7. The van der Waals surface area contributed by atoms with Gasteiger partial charge in [0.15, 0.2) is 17.5 Å². The van der Waals surface area contributed by atoms with E-state index in [1.54, 1.807) is 0 Å². The van der Waals surface area contributed by atoms with Gasteiger partial charge in [0.25, 0.3) is 0 Å². The van der Waals surface area contributed by atoms with E-state index in [1.165, 1.54) is 0 Å². The van der Waals surface area contributed by atoms with Crippen LogP contribution in [0.5, 0.6) is 0 Å². The van der Waals surface area contributed by atoms with E-state index in [-0.39, 0.29) is 0 Å². The molecular weight excluding hydrogens is 687 g/mol. The van der Waals surface area contributed by atoms with Crippen molar-refractivity contribution in [1.29, 1.82) is 0 Å². The first kappa shape index (κ1) is 31.9. The fourth-order valence-electron chi connectivity index (χ4n) is 7.76. The molecule has 11 rings (SSSR count). The molecule has 0 aliphatic carbocycles. The second kappa shape index (κ2) is 13.0. The first-order valence-corrected chi connectivity index (χ1v) is 18.7. The predicted octanol–water partition coefficient (Wildman–Crippen LogP) is 13.7. The van der Waals surface area contributed by atoms with Crippen LogP contribution in [-0.4, -0.2) is 15.0 Å². The lowest BCUT2D eigenvalue weighted by Crippen LogP contribution is -2.00. The molecular formula is C51H31N3O2. The smallest absolute Gasteiger partial charge is 0.164 e. The lowest BCUT2D eigenvalue weighted by Gasteiger charge is -2.10. The second-order valence-electron chi connectivity index (χ2n) is 14.0. The molecule has 0 spiro atoms. The molecule has 0 amide bonds. The number of nitrogens with zero attached hydrogens (tertiary/aromatic N) is 3. The molecule has 5 heteroatoms. The monoisotopic (exact) mass is 717 g/mol. The number of benzene rings is 8. The number of fused-ring (bicyclic) bond motifs is 6. The van der Waals surface area contributed by atoms with Crippen LogP contribution in [0.25, 0.3) is 111 Å². The van der Waals surface area contributed by atoms with Crippen molar-refractivity contribution in [3.05, 3.63) is 188 Å². The SMILES string of the molecule is c1ccc(-c2ccc(-c3nc(-c4ccccc4)nc(-c4ccc5c(c4)oc4ccc(-c6ccccc6-c6ccc7c(c6)oc6ccccc67)cc45)n3)cc2)cc1. The number of furan rings is 2. The highest BCUT2D eigenvalue weighted by Crippen LogP contribution is 2.39. The van der Waals surface area contributed by atoms with Crippen molar-refractivity contribution >= 4 is 43.9 Å². The number of para-hydroxylation sites is 1. The quantitative estimate of drug-likeness (QED) is 0.171. The second-order valence-corrected chi connectivity index (χ2v) is 14.0. The van der Waals surface area contributed by atoms with Crippen LogP contribution < -0.4 is 0 Å². The first-order chi connectivity index (χ1) is 27.7. The van der Waals surface area contributed by atoms with Crippen LogP contribution in [0, 0.1) is 0 Å². The zero-order valence-electron chi connectivity index (χ0n) is 30.1. The van der Waals surface area contributed by atoms with Crippen molar-refractivity contribution in [2.24, 2.45) is 0 Å². The van der Waals surface area contributed by atoms with Gasteiger partial charge >= 0.3 is 0 Å². The molecule has 0 radical (unpaired) electrons. The number of hydrogen-bond donors (Lipinski definition) is 0. The summed E-state index contributed by atoms with van der Waals surface area (Å²) in [6.07, 6.45) is 0. The third kappa shape index (κ3) is 5.53. The van der Waals surface area contributed by atoms with Crippen LogP contribution in [0.2, 0.25) is 0 Å². The van der Waals surface area contributed by atoms with Gasteiger partial charge in [-0.1, -0.05) is 146 Å². The van der Waals surface area contributed by atoms with Gasteiger partial charge in [-0.05, 0) is 75.8 Å². The van der Waals surface area contributed by atoms with Crippen LogP contribution >= 0.6 is 0 Å². The predicted molar refractivity (Wildman–Crippen MR) is 227 cm³/mol. The maximum Gasteiger partial charge on any atom is 0.164 e. The standard InChI is InChI=1S/C51H31N3O2/c1-3-11-32(12-4-1)33-19-21-35(22-20-33)50-52-49(34-13-5-2-6-14-34)53-51(54-50)38-24-27-43-44-29-36(25-28-46(44)56-48(43)31-38)39-15-7-8-16-40(39)37-23-26-42-41-17-9-10-18-45(41)55-47(42)30-37/h1-31H. The number of rotatable bonds is 6.